The molecule has 0 bridgehead atoms. The Balaban J connectivity index is 1.74. The molecule has 1 amide bonds. The summed E-state index contributed by atoms with van der Waals surface area (Å²) in [5, 5.41) is 2.11. The highest BCUT2D eigenvalue weighted by Crippen LogP contribution is 2.36. The maximum Gasteiger partial charge on any atom is 0.417 e. The van der Waals surface area contributed by atoms with Crippen molar-refractivity contribution in [2.45, 2.75) is 30.0 Å². The topological polar surface area (TPSA) is 38.3 Å². The molecule has 2 aromatic carbocycles. The van der Waals surface area contributed by atoms with E-state index >= 15 is 0 Å². The highest BCUT2D eigenvalue weighted by atomic mass is 35.5. The van der Waals surface area contributed by atoms with Crippen molar-refractivity contribution >= 4 is 35.0 Å². The summed E-state index contributed by atoms with van der Waals surface area (Å²) in [6.07, 6.45) is -2.40. The molecule has 1 heterocycles. The van der Waals surface area contributed by atoms with E-state index in [9.17, 15) is 18.0 Å². The molecule has 0 spiro atoms. The summed E-state index contributed by atoms with van der Waals surface area (Å²) in [5.74, 6) is 0.254. The van der Waals surface area contributed by atoms with Gasteiger partial charge in [0.05, 0.1) is 22.3 Å². The minimum absolute atomic E-state index is 0.0376. The quantitative estimate of drug-likeness (QED) is 0.619. The summed E-state index contributed by atoms with van der Waals surface area (Å²) in [6, 6.07) is 10.3. The van der Waals surface area contributed by atoms with Crippen LogP contribution in [0.1, 0.15) is 28.8 Å². The zero-order valence-electron chi connectivity index (χ0n) is 14.2. The van der Waals surface area contributed by atoms with Crippen LogP contribution in [0.4, 0.5) is 18.9 Å². The van der Waals surface area contributed by atoms with Crippen molar-refractivity contribution in [2.75, 3.05) is 17.7 Å². The summed E-state index contributed by atoms with van der Waals surface area (Å²) in [6.45, 7) is 0.755. The Morgan fingerprint density at radius 3 is 2.74 bits per heavy atom. The van der Waals surface area contributed by atoms with Gasteiger partial charge >= 0.3 is 6.18 Å². The van der Waals surface area contributed by atoms with Gasteiger partial charge in [-0.05, 0) is 43.2 Å². The first kappa shape index (κ1) is 20.0. The van der Waals surface area contributed by atoms with E-state index in [-0.39, 0.29) is 11.8 Å². The Bertz CT molecular complexity index is 823. The van der Waals surface area contributed by atoms with Gasteiger partial charge in [0, 0.05) is 22.9 Å². The van der Waals surface area contributed by atoms with Gasteiger partial charge in [0.25, 0.3) is 5.91 Å². The molecule has 2 aromatic rings. The van der Waals surface area contributed by atoms with Crippen LogP contribution in [-0.4, -0.2) is 24.4 Å². The number of ether oxygens (including phenoxy) is 1. The van der Waals surface area contributed by atoms with E-state index < -0.39 is 22.7 Å². The Labute approximate surface area is 164 Å². The third-order valence-electron chi connectivity index (χ3n) is 4.11. The zero-order chi connectivity index (χ0) is 19.4. The third-order valence-corrected chi connectivity index (χ3v) is 5.65. The first-order chi connectivity index (χ1) is 12.8. The van der Waals surface area contributed by atoms with Gasteiger partial charge in [-0.15, -0.1) is 11.8 Å². The SMILES string of the molecule is O=C(Nc1ccc(Cl)c(C(F)(F)F)c1)c1ccccc1SC[C@@H]1CCCO1. The first-order valence-corrected chi connectivity index (χ1v) is 9.72. The second kappa shape index (κ2) is 8.54. The molecule has 8 heteroatoms. The van der Waals surface area contributed by atoms with Crippen LogP contribution in [0.3, 0.4) is 0 Å². The molecule has 1 aliphatic rings. The number of nitrogens with one attached hydrogen (secondary N) is 1. The summed E-state index contributed by atoms with van der Waals surface area (Å²) in [5.41, 5.74) is -0.539. The molecule has 1 atom stereocenters. The molecule has 0 aromatic heterocycles. The zero-order valence-corrected chi connectivity index (χ0v) is 15.8. The molecule has 3 nitrogen and oxygen atoms in total. The molecule has 1 saturated heterocycles. The van der Waals surface area contributed by atoms with Gasteiger partial charge < -0.3 is 10.1 Å². The van der Waals surface area contributed by atoms with Crippen LogP contribution in [0.25, 0.3) is 0 Å². The highest BCUT2D eigenvalue weighted by Gasteiger charge is 2.33. The number of anilines is 1. The fraction of sp³-hybridized carbons (Fsp3) is 0.316. The lowest BCUT2D eigenvalue weighted by Crippen LogP contribution is -2.15. The molecular weight excluding hydrogens is 399 g/mol. The fourth-order valence-electron chi connectivity index (χ4n) is 2.76. The third kappa shape index (κ3) is 5.18. The van der Waals surface area contributed by atoms with Gasteiger partial charge in [0.2, 0.25) is 0 Å². The van der Waals surface area contributed by atoms with E-state index in [0.29, 0.717) is 5.56 Å². The number of carbonyl (C=O) groups is 1. The first-order valence-electron chi connectivity index (χ1n) is 8.36. The van der Waals surface area contributed by atoms with E-state index in [4.69, 9.17) is 16.3 Å². The van der Waals surface area contributed by atoms with Crippen molar-refractivity contribution < 1.29 is 22.7 Å². The Hall–Kier alpha value is -1.70. The second-order valence-electron chi connectivity index (χ2n) is 6.09. The Morgan fingerprint density at radius 1 is 1.26 bits per heavy atom. The molecule has 0 unspecified atom stereocenters. The van der Waals surface area contributed by atoms with Crippen LogP contribution in [0.15, 0.2) is 47.4 Å². The molecule has 144 valence electrons. The lowest BCUT2D eigenvalue weighted by atomic mass is 10.1. The lowest BCUT2D eigenvalue weighted by Gasteiger charge is -2.14. The number of thioether (sulfide) groups is 1. The predicted molar refractivity (Wildman–Crippen MR) is 101 cm³/mol. The van der Waals surface area contributed by atoms with Crippen LogP contribution in [0, 0.1) is 0 Å². The van der Waals surface area contributed by atoms with E-state index in [0.717, 1.165) is 42.2 Å². The van der Waals surface area contributed by atoms with Crippen molar-refractivity contribution in [3.05, 3.63) is 58.6 Å². The van der Waals surface area contributed by atoms with Crippen molar-refractivity contribution in [3.8, 4) is 0 Å². The predicted octanol–water partition coefficient (Wildman–Crippen LogP) is 5.88. The normalized spacial score (nSPS) is 17.1. The molecule has 27 heavy (non-hydrogen) atoms. The number of hydrogen-bond donors (Lipinski definition) is 1. The van der Waals surface area contributed by atoms with Crippen molar-refractivity contribution in [1.82, 2.24) is 0 Å². The van der Waals surface area contributed by atoms with Gasteiger partial charge in [-0.2, -0.15) is 13.2 Å². The number of amides is 1. The minimum Gasteiger partial charge on any atom is -0.377 e. The molecule has 1 N–H and O–H groups in total. The lowest BCUT2D eigenvalue weighted by molar-refractivity contribution is -0.137. The van der Waals surface area contributed by atoms with Crippen molar-refractivity contribution in [2.24, 2.45) is 0 Å². The Kier molecular flexibility index (Phi) is 6.34. The van der Waals surface area contributed by atoms with Crippen LogP contribution < -0.4 is 5.32 Å². The maximum absolute atomic E-state index is 13.0. The van der Waals surface area contributed by atoms with E-state index in [1.165, 1.54) is 17.8 Å². The molecule has 1 aliphatic heterocycles. The molecule has 0 radical (unpaired) electrons. The fourth-order valence-corrected chi connectivity index (χ4v) is 4.10. The average Bonchev–Trinajstić information content (AvgIpc) is 3.14. The standard InChI is InChI=1S/C19H17ClF3NO2S/c20-16-8-7-12(10-15(16)19(21,22)23)24-18(25)14-5-1-2-6-17(14)27-11-13-4-3-9-26-13/h1-2,5-8,10,13H,3-4,9,11H2,(H,24,25)/t13-/m0/s1. The van der Waals surface area contributed by atoms with E-state index in [2.05, 4.69) is 5.32 Å². The summed E-state index contributed by atoms with van der Waals surface area (Å²) >= 11 is 7.12. The van der Waals surface area contributed by atoms with Gasteiger partial charge in [0.1, 0.15) is 0 Å². The van der Waals surface area contributed by atoms with Crippen LogP contribution >= 0.6 is 23.4 Å². The van der Waals surface area contributed by atoms with Gasteiger partial charge in [-0.3, -0.25) is 4.79 Å². The van der Waals surface area contributed by atoms with Crippen molar-refractivity contribution in [1.29, 1.82) is 0 Å². The number of rotatable bonds is 5. The number of hydrogen-bond acceptors (Lipinski definition) is 3. The van der Waals surface area contributed by atoms with Crippen molar-refractivity contribution in [3.63, 3.8) is 0 Å². The number of alkyl halides is 3. The number of benzene rings is 2. The average molecular weight is 416 g/mol. The summed E-state index contributed by atoms with van der Waals surface area (Å²) < 4.78 is 44.6. The monoisotopic (exact) mass is 415 g/mol. The number of carbonyl (C=O) groups excluding carboxylic acids is 1. The minimum atomic E-state index is -4.59. The maximum atomic E-state index is 13.0. The smallest absolute Gasteiger partial charge is 0.377 e. The van der Waals surface area contributed by atoms with E-state index in [1.54, 1.807) is 12.1 Å². The van der Waals surface area contributed by atoms with Gasteiger partial charge in [-0.1, -0.05) is 23.7 Å². The Morgan fingerprint density at radius 2 is 2.04 bits per heavy atom. The molecule has 3 rings (SSSR count). The van der Waals surface area contributed by atoms with Gasteiger partial charge in [-0.25, -0.2) is 0 Å². The van der Waals surface area contributed by atoms with Crippen LogP contribution in [0.2, 0.25) is 5.02 Å². The molecule has 0 aliphatic carbocycles. The summed E-state index contributed by atoms with van der Waals surface area (Å²) in [4.78, 5) is 13.4. The van der Waals surface area contributed by atoms with Gasteiger partial charge in [0.15, 0.2) is 0 Å². The molecule has 0 saturated carbocycles. The highest BCUT2D eigenvalue weighted by molar-refractivity contribution is 7.99. The van der Waals surface area contributed by atoms with Crippen LogP contribution in [-0.2, 0) is 10.9 Å². The van der Waals surface area contributed by atoms with E-state index in [1.807, 2.05) is 12.1 Å². The summed E-state index contributed by atoms with van der Waals surface area (Å²) in [7, 11) is 0. The molecular formula is C19H17ClF3NO2S. The molecule has 1 fully saturated rings. The second-order valence-corrected chi connectivity index (χ2v) is 7.56. The van der Waals surface area contributed by atoms with Crippen LogP contribution in [0.5, 0.6) is 0 Å². The largest absolute Gasteiger partial charge is 0.417 e. The number of halogens is 4.